The lowest BCUT2D eigenvalue weighted by molar-refractivity contribution is -0.123. The van der Waals surface area contributed by atoms with Crippen LogP contribution in [0.2, 0.25) is 0 Å². The van der Waals surface area contributed by atoms with E-state index in [4.69, 9.17) is 20.9 Å². The smallest absolute Gasteiger partial charge is 0.273 e. The number of benzene rings is 1. The second-order valence-corrected chi connectivity index (χ2v) is 10.3. The summed E-state index contributed by atoms with van der Waals surface area (Å²) >= 11 is 2.14. The number of primary amides is 1. The number of carbonyl (C=O) groups excluding carboxylic acids is 3. The van der Waals surface area contributed by atoms with Gasteiger partial charge in [0.15, 0.2) is 23.2 Å². The third-order valence-corrected chi connectivity index (χ3v) is 7.97. The van der Waals surface area contributed by atoms with Crippen LogP contribution < -0.4 is 31.2 Å². The predicted octanol–water partition coefficient (Wildman–Crippen LogP) is 3.10. The molecule has 3 heterocycles. The monoisotopic (exact) mass is 527 g/mol. The Labute approximate surface area is 215 Å². The highest BCUT2D eigenvalue weighted by molar-refractivity contribution is 7.10. The Hall–Kier alpha value is -3.64. The van der Waals surface area contributed by atoms with Crippen molar-refractivity contribution >= 4 is 52.0 Å². The van der Waals surface area contributed by atoms with E-state index in [0.717, 1.165) is 37.2 Å². The second-order valence-electron chi connectivity index (χ2n) is 8.55. The summed E-state index contributed by atoms with van der Waals surface area (Å²) in [6, 6.07) is 7.77. The minimum absolute atomic E-state index is 0.0221. The van der Waals surface area contributed by atoms with E-state index in [1.54, 1.807) is 18.2 Å². The molecule has 5 rings (SSSR count). The van der Waals surface area contributed by atoms with Crippen molar-refractivity contribution in [3.63, 3.8) is 0 Å². The maximum Gasteiger partial charge on any atom is 0.273 e. The fourth-order valence-electron chi connectivity index (χ4n) is 4.47. The van der Waals surface area contributed by atoms with Gasteiger partial charge in [0.25, 0.3) is 11.8 Å². The molecule has 12 heteroatoms. The van der Waals surface area contributed by atoms with Gasteiger partial charge in [-0.15, -0.1) is 11.3 Å². The molecule has 0 unspecified atom stereocenters. The number of carbonyl (C=O) groups is 3. The largest absolute Gasteiger partial charge is 0.486 e. The average Bonchev–Trinajstić information content (AvgIpc) is 3.64. The van der Waals surface area contributed by atoms with Crippen molar-refractivity contribution in [2.75, 3.05) is 23.8 Å². The number of thiophene rings is 1. The Morgan fingerprint density at radius 2 is 1.86 bits per heavy atom. The first-order valence-electron chi connectivity index (χ1n) is 11.6. The molecule has 3 aromatic rings. The van der Waals surface area contributed by atoms with Crippen LogP contribution in [-0.2, 0) is 4.79 Å². The number of ether oxygens (including phenoxy) is 2. The van der Waals surface area contributed by atoms with E-state index in [2.05, 4.69) is 9.69 Å². The Bertz CT molecular complexity index is 1290. The van der Waals surface area contributed by atoms with Crippen LogP contribution in [0.5, 0.6) is 11.5 Å². The molecule has 0 spiro atoms. The molecule has 0 bridgehead atoms. The van der Waals surface area contributed by atoms with E-state index >= 15 is 0 Å². The van der Waals surface area contributed by atoms with Crippen LogP contribution in [0.25, 0.3) is 0 Å². The Balaban J connectivity index is 1.61. The van der Waals surface area contributed by atoms with Gasteiger partial charge in [0.05, 0.1) is 5.69 Å². The zero-order chi connectivity index (χ0) is 25.2. The lowest BCUT2D eigenvalue weighted by Crippen LogP contribution is -2.46. The highest BCUT2D eigenvalue weighted by Crippen LogP contribution is 2.39. The molecule has 1 aliphatic carbocycles. The second kappa shape index (κ2) is 10.2. The molecule has 1 fully saturated rings. The van der Waals surface area contributed by atoms with Crippen LogP contribution in [-0.4, -0.2) is 41.4 Å². The van der Waals surface area contributed by atoms with Gasteiger partial charge in [-0.25, -0.2) is 0 Å². The first-order valence-corrected chi connectivity index (χ1v) is 13.2. The molecule has 10 nitrogen and oxygen atoms in total. The normalized spacial score (nSPS) is 15.9. The van der Waals surface area contributed by atoms with Gasteiger partial charge in [-0.1, -0.05) is 18.9 Å². The molecule has 1 atom stereocenters. The summed E-state index contributed by atoms with van der Waals surface area (Å²) in [5.41, 5.74) is 11.6. The van der Waals surface area contributed by atoms with Gasteiger partial charge >= 0.3 is 0 Å². The van der Waals surface area contributed by atoms with Gasteiger partial charge in [0, 0.05) is 22.7 Å². The van der Waals surface area contributed by atoms with Gasteiger partial charge in [-0.2, -0.15) is 4.37 Å². The summed E-state index contributed by atoms with van der Waals surface area (Å²) in [7, 11) is 0. The number of nitrogen functional groups attached to an aromatic ring is 1. The van der Waals surface area contributed by atoms with Crippen LogP contribution in [0.1, 0.15) is 56.8 Å². The van der Waals surface area contributed by atoms with Crippen LogP contribution in [0.3, 0.4) is 0 Å². The zero-order valence-corrected chi connectivity index (χ0v) is 20.9. The number of nitrogens with one attached hydrogen (secondary N) is 1. The lowest BCUT2D eigenvalue weighted by Gasteiger charge is -2.32. The Morgan fingerprint density at radius 3 is 2.53 bits per heavy atom. The van der Waals surface area contributed by atoms with Crippen LogP contribution in [0.4, 0.5) is 11.4 Å². The minimum atomic E-state index is -0.987. The first kappa shape index (κ1) is 24.1. The van der Waals surface area contributed by atoms with Crippen LogP contribution in [0, 0.1) is 0 Å². The number of hydrogen-bond donors (Lipinski definition) is 3. The van der Waals surface area contributed by atoms with Crippen molar-refractivity contribution in [3.8, 4) is 11.5 Å². The topological polar surface area (TPSA) is 150 Å². The average molecular weight is 528 g/mol. The molecule has 1 aliphatic heterocycles. The molecule has 3 amide bonds. The first-order chi connectivity index (χ1) is 17.4. The zero-order valence-electron chi connectivity index (χ0n) is 19.3. The van der Waals surface area contributed by atoms with Gasteiger partial charge in [0.2, 0.25) is 5.91 Å². The predicted molar refractivity (Wildman–Crippen MR) is 137 cm³/mol. The third-order valence-electron chi connectivity index (χ3n) is 6.20. The molecule has 36 heavy (non-hydrogen) atoms. The van der Waals surface area contributed by atoms with E-state index in [9.17, 15) is 14.4 Å². The standard InChI is InChI=1S/C24H25N5O5S2/c25-18-19(22(26)30)28-36-21(18)24(32)29(14-7-8-15-16(12-14)34-10-9-33-15)20(17-6-3-11-35-17)23(31)27-13-4-1-2-5-13/h3,6-8,11-13,20H,1-2,4-5,9-10,25H2,(H2,26,30)(H,27,31)/t20-/m0/s1. The molecule has 5 N–H and O–H groups in total. The molecular weight excluding hydrogens is 502 g/mol. The lowest BCUT2D eigenvalue weighted by atomic mass is 10.1. The summed E-state index contributed by atoms with van der Waals surface area (Å²) in [5, 5.41) is 4.98. The third kappa shape index (κ3) is 4.61. The molecule has 1 saturated carbocycles. The summed E-state index contributed by atoms with van der Waals surface area (Å²) in [4.78, 5) is 41.7. The summed E-state index contributed by atoms with van der Waals surface area (Å²) < 4.78 is 15.4. The van der Waals surface area contributed by atoms with Gasteiger partial charge in [0.1, 0.15) is 18.1 Å². The number of nitrogens with zero attached hydrogens (tertiary/aromatic N) is 2. The van der Waals surface area contributed by atoms with Crippen molar-refractivity contribution in [2.24, 2.45) is 5.73 Å². The molecular formula is C24H25N5O5S2. The summed E-state index contributed by atoms with van der Waals surface area (Å²) in [5.74, 6) is -0.691. The molecule has 188 valence electrons. The van der Waals surface area contributed by atoms with Crippen molar-refractivity contribution in [1.82, 2.24) is 9.69 Å². The number of aromatic nitrogens is 1. The van der Waals surface area contributed by atoms with Gasteiger partial charge in [-0.05, 0) is 48.0 Å². The molecule has 0 saturated heterocycles. The maximum absolute atomic E-state index is 14.1. The van der Waals surface area contributed by atoms with Gasteiger partial charge in [-0.3, -0.25) is 19.3 Å². The number of amides is 3. The van der Waals surface area contributed by atoms with E-state index in [1.807, 2.05) is 17.5 Å². The number of anilines is 2. The van der Waals surface area contributed by atoms with Crippen LogP contribution in [0.15, 0.2) is 35.7 Å². The number of fused-ring (bicyclic) bond motifs is 1. The SMILES string of the molecule is NC(=O)c1nsc(C(=O)N(c2ccc3c(c2)OCCO3)[C@H](C(=O)NC2CCCC2)c2cccs2)c1N. The van der Waals surface area contributed by atoms with Crippen molar-refractivity contribution in [3.05, 3.63) is 51.2 Å². The van der Waals surface area contributed by atoms with E-state index < -0.39 is 17.9 Å². The number of rotatable bonds is 7. The van der Waals surface area contributed by atoms with E-state index in [-0.39, 0.29) is 28.2 Å². The van der Waals surface area contributed by atoms with Crippen molar-refractivity contribution in [2.45, 2.75) is 37.8 Å². The fraction of sp³-hybridized carbons (Fsp3) is 0.333. The minimum Gasteiger partial charge on any atom is -0.486 e. The van der Waals surface area contributed by atoms with Gasteiger partial charge < -0.3 is 26.3 Å². The molecule has 2 aromatic heterocycles. The maximum atomic E-state index is 14.1. The van der Waals surface area contributed by atoms with Crippen LogP contribution >= 0.6 is 22.9 Å². The number of nitrogens with two attached hydrogens (primary N) is 2. The molecule has 0 radical (unpaired) electrons. The van der Waals surface area contributed by atoms with E-state index in [0.29, 0.717) is 35.3 Å². The fourth-order valence-corrected chi connectivity index (χ4v) is 6.03. The molecule has 2 aliphatic rings. The quantitative estimate of drug-likeness (QED) is 0.427. The summed E-state index contributed by atoms with van der Waals surface area (Å²) in [6.45, 7) is 0.786. The highest BCUT2D eigenvalue weighted by atomic mass is 32.1. The number of hydrogen-bond acceptors (Lipinski definition) is 9. The Morgan fingerprint density at radius 1 is 1.11 bits per heavy atom. The van der Waals surface area contributed by atoms with Crippen molar-refractivity contribution in [1.29, 1.82) is 0 Å². The highest BCUT2D eigenvalue weighted by Gasteiger charge is 2.38. The molecule has 1 aromatic carbocycles. The van der Waals surface area contributed by atoms with Crippen molar-refractivity contribution < 1.29 is 23.9 Å². The Kier molecular flexibility index (Phi) is 6.79. The van der Waals surface area contributed by atoms with E-state index in [1.165, 1.54) is 16.2 Å². The summed E-state index contributed by atoms with van der Waals surface area (Å²) in [6.07, 6.45) is 3.88.